The Balaban J connectivity index is 2.27. The molecule has 1 rings (SSSR count). The van der Waals surface area contributed by atoms with Gasteiger partial charge in [0.25, 0.3) is 0 Å². The Kier molecular flexibility index (Phi) is 1.30. The van der Waals surface area contributed by atoms with Gasteiger partial charge in [-0.15, -0.1) is 0 Å². The van der Waals surface area contributed by atoms with Gasteiger partial charge in [0.2, 0.25) is 5.24 Å². The highest BCUT2D eigenvalue weighted by Crippen LogP contribution is 2.05. The Bertz CT molecular complexity index is 89.7. The van der Waals surface area contributed by atoms with Gasteiger partial charge in [0.1, 0.15) is 0 Å². The average Bonchev–Trinajstić information content (AvgIpc) is 1.23. The fourth-order valence-electron chi connectivity index (χ4n) is 0.449. The summed E-state index contributed by atoms with van der Waals surface area (Å²) >= 11 is 5.10. The molecular weight excluding hydrogens is 114 g/mol. The van der Waals surface area contributed by atoms with E-state index in [9.17, 15) is 4.79 Å². The molecule has 40 valence electrons. The number of hydrogen-bond acceptors (Lipinski definition) is 2. The van der Waals surface area contributed by atoms with E-state index in [4.69, 9.17) is 11.6 Å². The van der Waals surface area contributed by atoms with E-state index in [1.54, 1.807) is 0 Å². The van der Waals surface area contributed by atoms with Crippen molar-refractivity contribution < 1.29 is 4.79 Å². The molecule has 0 amide bonds. The van der Waals surface area contributed by atoms with Crippen LogP contribution in [-0.2, 0) is 4.79 Å². The van der Waals surface area contributed by atoms with Gasteiger partial charge in [-0.1, -0.05) is 0 Å². The second-order valence-corrected chi connectivity index (χ2v) is 2.03. The van der Waals surface area contributed by atoms with Crippen LogP contribution in [0.4, 0.5) is 0 Å². The van der Waals surface area contributed by atoms with E-state index in [2.05, 4.69) is 5.32 Å². The highest BCUT2D eigenvalue weighted by Gasteiger charge is 2.22. The number of carbonyl (C=O) groups excluding carboxylic acids is 1. The minimum atomic E-state index is -0.209. The number of hydrogen-bond donors (Lipinski definition) is 1. The smallest absolute Gasteiger partial charge is 0.227 e. The molecule has 1 fully saturated rings. The van der Waals surface area contributed by atoms with Crippen LogP contribution in [0.15, 0.2) is 0 Å². The summed E-state index contributed by atoms with van der Waals surface area (Å²) in [4.78, 5) is 10.2. The molecular formula is C4H6ClNO. The van der Waals surface area contributed by atoms with Gasteiger partial charge in [-0.2, -0.15) is 0 Å². The van der Waals surface area contributed by atoms with Crippen LogP contribution in [0.1, 0.15) is 0 Å². The molecule has 2 nitrogen and oxygen atoms in total. The largest absolute Gasteiger partial charge is 0.315 e. The van der Waals surface area contributed by atoms with Gasteiger partial charge >= 0.3 is 0 Å². The van der Waals surface area contributed by atoms with Crippen LogP contribution < -0.4 is 5.32 Å². The van der Waals surface area contributed by atoms with Crippen molar-refractivity contribution in [2.45, 2.75) is 0 Å². The maximum absolute atomic E-state index is 10.2. The Morgan fingerprint density at radius 2 is 2.29 bits per heavy atom. The average molecular weight is 120 g/mol. The van der Waals surface area contributed by atoms with Crippen molar-refractivity contribution in [1.82, 2.24) is 5.32 Å². The molecule has 1 heterocycles. The number of halogens is 1. The van der Waals surface area contributed by atoms with Crippen LogP contribution >= 0.6 is 11.6 Å². The predicted octanol–water partition coefficient (Wildman–Crippen LogP) is -0.0288. The van der Waals surface area contributed by atoms with E-state index >= 15 is 0 Å². The SMILES string of the molecule is O=C(Cl)C1CNC1. The molecule has 1 aliphatic heterocycles. The minimum Gasteiger partial charge on any atom is -0.315 e. The monoisotopic (exact) mass is 119 g/mol. The van der Waals surface area contributed by atoms with Crippen LogP contribution in [0.3, 0.4) is 0 Å². The lowest BCUT2D eigenvalue weighted by Gasteiger charge is -2.22. The number of carbonyl (C=O) groups is 1. The second-order valence-electron chi connectivity index (χ2n) is 1.66. The summed E-state index contributed by atoms with van der Waals surface area (Å²) in [5.74, 6) is 0.0988. The summed E-state index contributed by atoms with van der Waals surface area (Å²) in [6.45, 7) is 1.53. The van der Waals surface area contributed by atoms with E-state index in [1.165, 1.54) is 0 Å². The molecule has 1 N–H and O–H groups in total. The normalized spacial score (nSPS) is 21.3. The van der Waals surface area contributed by atoms with Crippen LogP contribution in [0.5, 0.6) is 0 Å². The summed E-state index contributed by atoms with van der Waals surface area (Å²) in [5.41, 5.74) is 0. The maximum atomic E-state index is 10.2. The van der Waals surface area contributed by atoms with Crippen molar-refractivity contribution in [1.29, 1.82) is 0 Å². The standard InChI is InChI=1S/C4H6ClNO/c5-4(7)3-1-6-2-3/h3,6H,1-2H2. The van der Waals surface area contributed by atoms with Gasteiger partial charge in [0.05, 0.1) is 5.92 Å². The van der Waals surface area contributed by atoms with Crippen molar-refractivity contribution in [3.63, 3.8) is 0 Å². The third-order valence-corrected chi connectivity index (χ3v) is 1.41. The van der Waals surface area contributed by atoms with Crippen molar-refractivity contribution in [2.75, 3.05) is 13.1 Å². The van der Waals surface area contributed by atoms with E-state index in [1.807, 2.05) is 0 Å². The summed E-state index contributed by atoms with van der Waals surface area (Å²) in [5, 5.41) is 2.73. The van der Waals surface area contributed by atoms with Crippen molar-refractivity contribution >= 4 is 16.8 Å². The first kappa shape index (κ1) is 5.06. The van der Waals surface area contributed by atoms with Gasteiger partial charge in [0, 0.05) is 13.1 Å². The highest BCUT2D eigenvalue weighted by atomic mass is 35.5. The zero-order valence-corrected chi connectivity index (χ0v) is 4.53. The van der Waals surface area contributed by atoms with Crippen molar-refractivity contribution in [2.24, 2.45) is 5.92 Å². The molecule has 0 atom stereocenters. The lowest BCUT2D eigenvalue weighted by Crippen LogP contribution is -2.45. The van der Waals surface area contributed by atoms with E-state index in [0.717, 1.165) is 13.1 Å². The number of rotatable bonds is 1. The lowest BCUT2D eigenvalue weighted by atomic mass is 10.1. The topological polar surface area (TPSA) is 29.1 Å². The van der Waals surface area contributed by atoms with Crippen molar-refractivity contribution in [3.05, 3.63) is 0 Å². The van der Waals surface area contributed by atoms with E-state index < -0.39 is 0 Å². The molecule has 3 heteroatoms. The number of nitrogens with one attached hydrogen (secondary N) is 1. The Morgan fingerprint density at radius 3 is 2.29 bits per heavy atom. The van der Waals surface area contributed by atoms with Gasteiger partial charge in [-0.3, -0.25) is 4.79 Å². The fraction of sp³-hybridized carbons (Fsp3) is 0.750. The van der Waals surface area contributed by atoms with Crippen LogP contribution in [0, 0.1) is 5.92 Å². The molecule has 0 radical (unpaired) electrons. The first-order valence-electron chi connectivity index (χ1n) is 2.21. The Morgan fingerprint density at radius 1 is 1.71 bits per heavy atom. The fourth-order valence-corrected chi connectivity index (χ4v) is 0.603. The predicted molar refractivity (Wildman–Crippen MR) is 27.2 cm³/mol. The van der Waals surface area contributed by atoms with Crippen LogP contribution in [-0.4, -0.2) is 18.3 Å². The summed E-state index contributed by atoms with van der Waals surface area (Å²) in [7, 11) is 0. The van der Waals surface area contributed by atoms with Crippen molar-refractivity contribution in [3.8, 4) is 0 Å². The molecule has 0 aromatic heterocycles. The first-order valence-corrected chi connectivity index (χ1v) is 2.58. The Labute approximate surface area is 46.8 Å². The second kappa shape index (κ2) is 1.80. The highest BCUT2D eigenvalue weighted by molar-refractivity contribution is 6.64. The van der Waals surface area contributed by atoms with Gasteiger partial charge in [0.15, 0.2) is 0 Å². The molecule has 0 aromatic rings. The zero-order valence-electron chi connectivity index (χ0n) is 3.78. The molecule has 0 unspecified atom stereocenters. The summed E-state index contributed by atoms with van der Waals surface area (Å²) in [6.07, 6.45) is 0. The molecule has 0 spiro atoms. The van der Waals surface area contributed by atoms with Gasteiger partial charge in [-0.25, -0.2) is 0 Å². The third-order valence-electron chi connectivity index (χ3n) is 1.10. The molecule has 1 aliphatic rings. The molecule has 0 aromatic carbocycles. The quantitative estimate of drug-likeness (QED) is 0.492. The van der Waals surface area contributed by atoms with Crippen LogP contribution in [0.2, 0.25) is 0 Å². The van der Waals surface area contributed by atoms with E-state index in [-0.39, 0.29) is 11.2 Å². The summed E-state index contributed by atoms with van der Waals surface area (Å²) < 4.78 is 0. The Hall–Kier alpha value is -0.0800. The molecule has 7 heavy (non-hydrogen) atoms. The van der Waals surface area contributed by atoms with Gasteiger partial charge in [-0.05, 0) is 11.6 Å². The first-order chi connectivity index (χ1) is 3.30. The van der Waals surface area contributed by atoms with Crippen LogP contribution in [0.25, 0.3) is 0 Å². The third kappa shape index (κ3) is 0.924. The molecule has 1 saturated heterocycles. The maximum Gasteiger partial charge on any atom is 0.227 e. The van der Waals surface area contributed by atoms with Gasteiger partial charge < -0.3 is 5.32 Å². The zero-order chi connectivity index (χ0) is 5.28. The minimum absolute atomic E-state index is 0.0988. The summed E-state index contributed by atoms with van der Waals surface area (Å²) in [6, 6.07) is 0. The van der Waals surface area contributed by atoms with E-state index in [0.29, 0.717) is 0 Å². The molecule has 0 saturated carbocycles. The lowest BCUT2D eigenvalue weighted by molar-refractivity contribution is -0.116. The molecule has 0 aliphatic carbocycles. The molecule has 0 bridgehead atoms.